The van der Waals surface area contributed by atoms with Gasteiger partial charge < -0.3 is 0 Å². The van der Waals surface area contributed by atoms with E-state index in [-0.39, 0.29) is 10.8 Å². The van der Waals surface area contributed by atoms with E-state index in [9.17, 15) is 0 Å². The van der Waals surface area contributed by atoms with Crippen LogP contribution in [0.15, 0.2) is 78.9 Å². The molecule has 0 bridgehead atoms. The molecule has 5 aromatic rings. The maximum absolute atomic E-state index is 2.61. The predicted molar refractivity (Wildman–Crippen MR) is 186 cm³/mol. The molecule has 0 radical (unpaired) electrons. The van der Waals surface area contributed by atoms with E-state index in [0.29, 0.717) is 11.8 Å². The number of aromatic nitrogens is 2. The molecule has 43 heavy (non-hydrogen) atoms. The van der Waals surface area contributed by atoms with Crippen LogP contribution in [0.25, 0.3) is 39.2 Å². The highest BCUT2D eigenvalue weighted by Crippen LogP contribution is 2.41. The van der Waals surface area contributed by atoms with Gasteiger partial charge in [-0.15, -0.1) is 0 Å². The third kappa shape index (κ3) is 5.69. The number of benzene rings is 4. The second kappa shape index (κ2) is 11.1. The second-order valence-corrected chi connectivity index (χ2v) is 15.1. The van der Waals surface area contributed by atoms with Crippen LogP contribution >= 0.6 is 0 Å². The van der Waals surface area contributed by atoms with Crippen molar-refractivity contribution >= 4 is 11.0 Å². The Morgan fingerprint density at radius 2 is 1.16 bits per heavy atom. The Morgan fingerprint density at radius 3 is 1.70 bits per heavy atom. The largest absolute Gasteiger partial charge is 0.295 e. The minimum atomic E-state index is 0.0447. The summed E-state index contributed by atoms with van der Waals surface area (Å²) in [5.41, 5.74) is 14.6. The van der Waals surface area contributed by atoms with Crippen LogP contribution < -0.4 is 4.57 Å². The molecule has 0 N–H and O–H groups in total. The number of hydrogen-bond donors (Lipinski definition) is 0. The molecule has 0 aliphatic carbocycles. The van der Waals surface area contributed by atoms with Crippen molar-refractivity contribution in [1.82, 2.24) is 4.57 Å². The third-order valence-electron chi connectivity index (χ3n) is 9.06. The normalized spacial score (nSPS) is 12.6. The SMILES string of the molecule is Cc1ccc(C(C)(C)C)cc1-c1n(-c2c(C(C)C)cc(-c3ccccc3)cc2C(C)C)c2cc(C(C)(C)C)ccc2[n+]1C. The van der Waals surface area contributed by atoms with E-state index in [1.807, 2.05) is 0 Å². The smallest absolute Gasteiger partial charge is 0.225 e. The Hall–Kier alpha value is -3.65. The zero-order chi connectivity index (χ0) is 31.4. The van der Waals surface area contributed by atoms with E-state index in [4.69, 9.17) is 0 Å². The van der Waals surface area contributed by atoms with Gasteiger partial charge in [-0.25, -0.2) is 4.57 Å². The Balaban J connectivity index is 1.99. The molecule has 0 saturated heterocycles. The lowest BCUT2D eigenvalue weighted by molar-refractivity contribution is -0.633. The number of hydrogen-bond acceptors (Lipinski definition) is 0. The molecule has 0 saturated carbocycles. The van der Waals surface area contributed by atoms with Gasteiger partial charge in [-0.2, -0.15) is 4.57 Å². The van der Waals surface area contributed by atoms with Crippen LogP contribution in [0.1, 0.15) is 109 Å². The molecule has 0 aliphatic heterocycles. The van der Waals surface area contributed by atoms with Gasteiger partial charge in [0.15, 0.2) is 11.0 Å². The first-order valence-electron chi connectivity index (χ1n) is 16.0. The van der Waals surface area contributed by atoms with E-state index in [0.717, 1.165) is 0 Å². The van der Waals surface area contributed by atoms with Gasteiger partial charge in [0, 0.05) is 11.1 Å². The molecule has 0 amide bonds. The Bertz CT molecular complexity index is 1760. The van der Waals surface area contributed by atoms with Crippen molar-refractivity contribution in [2.24, 2.45) is 7.05 Å². The summed E-state index contributed by atoms with van der Waals surface area (Å²) in [7, 11) is 2.25. The Kier molecular flexibility index (Phi) is 7.97. The molecule has 4 aromatic carbocycles. The van der Waals surface area contributed by atoms with Crippen molar-refractivity contribution in [3.63, 3.8) is 0 Å². The highest BCUT2D eigenvalue weighted by molar-refractivity contribution is 5.83. The molecule has 1 aromatic heterocycles. The lowest BCUT2D eigenvalue weighted by Crippen LogP contribution is -2.31. The summed E-state index contributed by atoms with van der Waals surface area (Å²) in [5.74, 6) is 1.93. The average molecular weight is 572 g/mol. The van der Waals surface area contributed by atoms with Crippen LogP contribution in [0.3, 0.4) is 0 Å². The van der Waals surface area contributed by atoms with E-state index in [1.54, 1.807) is 0 Å². The molecule has 2 nitrogen and oxygen atoms in total. The van der Waals surface area contributed by atoms with Gasteiger partial charge in [0.25, 0.3) is 5.82 Å². The van der Waals surface area contributed by atoms with Gasteiger partial charge in [-0.05, 0) is 87.7 Å². The molecule has 5 rings (SSSR count). The first-order valence-corrected chi connectivity index (χ1v) is 16.0. The second-order valence-electron chi connectivity index (χ2n) is 15.1. The number of fused-ring (bicyclic) bond motifs is 1. The predicted octanol–water partition coefficient (Wildman–Crippen LogP) is 10.9. The summed E-state index contributed by atoms with van der Waals surface area (Å²) in [6, 6.07) is 29.9. The summed E-state index contributed by atoms with van der Waals surface area (Å²) in [6.45, 7) is 25.5. The molecule has 2 heteroatoms. The average Bonchev–Trinajstić information content (AvgIpc) is 3.22. The van der Waals surface area contributed by atoms with Crippen LogP contribution in [0, 0.1) is 6.92 Å². The lowest BCUT2D eigenvalue weighted by Gasteiger charge is -2.22. The lowest BCUT2D eigenvalue weighted by atomic mass is 9.85. The number of nitrogens with zero attached hydrogens (tertiary/aromatic N) is 2. The van der Waals surface area contributed by atoms with Gasteiger partial charge in [0.2, 0.25) is 0 Å². The van der Waals surface area contributed by atoms with Gasteiger partial charge in [-0.3, -0.25) is 0 Å². The summed E-state index contributed by atoms with van der Waals surface area (Å²) in [4.78, 5) is 0. The first kappa shape index (κ1) is 30.8. The Labute approximate surface area is 260 Å². The first-order chi connectivity index (χ1) is 20.1. The molecule has 0 fully saturated rings. The van der Waals surface area contributed by atoms with Crippen LogP contribution in [0.2, 0.25) is 0 Å². The standard InChI is InChI=1S/C41H51N2/c1-26(2)33-22-30(29-16-14-13-15-17-29)23-34(27(3)4)38(33)43-37-25-32(41(9,10)11)20-21-36(37)42(12)39(43)35-24-31(40(6,7)8)19-18-28(35)5/h13-27H,1-12H3/q+1. The minimum Gasteiger partial charge on any atom is -0.225 e. The van der Waals surface area contributed by atoms with Gasteiger partial charge >= 0.3 is 0 Å². The van der Waals surface area contributed by atoms with E-state index >= 15 is 0 Å². The summed E-state index contributed by atoms with van der Waals surface area (Å²) >= 11 is 0. The molecule has 224 valence electrons. The fraction of sp³-hybridized carbons (Fsp3) is 0.390. The molecular formula is C41H51N2+. The Morgan fingerprint density at radius 1 is 0.628 bits per heavy atom. The van der Waals surface area contributed by atoms with E-state index < -0.39 is 0 Å². The van der Waals surface area contributed by atoms with E-state index in [1.165, 1.54) is 67.1 Å². The molecule has 0 atom stereocenters. The van der Waals surface area contributed by atoms with Crippen molar-refractivity contribution in [2.45, 2.75) is 98.8 Å². The summed E-state index contributed by atoms with van der Waals surface area (Å²) in [5, 5.41) is 0. The molecule has 0 aliphatic rings. The van der Waals surface area contributed by atoms with Gasteiger partial charge in [-0.1, -0.05) is 118 Å². The van der Waals surface area contributed by atoms with Crippen molar-refractivity contribution in [2.75, 3.05) is 0 Å². The van der Waals surface area contributed by atoms with Gasteiger partial charge in [0.1, 0.15) is 5.69 Å². The molecule has 0 spiro atoms. The zero-order valence-electron chi connectivity index (χ0n) is 28.6. The fourth-order valence-electron chi connectivity index (χ4n) is 6.30. The topological polar surface area (TPSA) is 8.81 Å². The minimum absolute atomic E-state index is 0.0447. The monoisotopic (exact) mass is 571 g/mol. The van der Waals surface area contributed by atoms with Crippen molar-refractivity contribution in [3.8, 4) is 28.2 Å². The van der Waals surface area contributed by atoms with Crippen molar-refractivity contribution in [3.05, 3.63) is 107 Å². The fourth-order valence-corrected chi connectivity index (χ4v) is 6.30. The number of imidazole rings is 1. The molecule has 1 heterocycles. The number of rotatable bonds is 5. The van der Waals surface area contributed by atoms with E-state index in [2.05, 4.69) is 171 Å². The van der Waals surface area contributed by atoms with Gasteiger partial charge in [0.05, 0.1) is 12.6 Å². The van der Waals surface area contributed by atoms with Crippen LogP contribution in [-0.4, -0.2) is 4.57 Å². The maximum Gasteiger partial charge on any atom is 0.295 e. The highest BCUT2D eigenvalue weighted by Gasteiger charge is 2.33. The van der Waals surface area contributed by atoms with Crippen molar-refractivity contribution in [1.29, 1.82) is 0 Å². The summed E-state index contributed by atoms with van der Waals surface area (Å²) < 4.78 is 5.04. The quantitative estimate of drug-likeness (QED) is 0.186. The molecule has 0 unspecified atom stereocenters. The summed E-state index contributed by atoms with van der Waals surface area (Å²) in [6.07, 6.45) is 0. The van der Waals surface area contributed by atoms with Crippen LogP contribution in [-0.2, 0) is 17.9 Å². The highest BCUT2D eigenvalue weighted by atomic mass is 15.2. The zero-order valence-corrected chi connectivity index (χ0v) is 28.6. The van der Waals surface area contributed by atoms with Crippen molar-refractivity contribution < 1.29 is 4.57 Å². The number of aryl methyl sites for hydroxylation is 2. The van der Waals surface area contributed by atoms with Crippen LogP contribution in [0.5, 0.6) is 0 Å². The molecular weight excluding hydrogens is 520 g/mol. The van der Waals surface area contributed by atoms with Crippen LogP contribution in [0.4, 0.5) is 0 Å². The maximum atomic E-state index is 2.61. The third-order valence-corrected chi connectivity index (χ3v) is 9.06.